The molecule has 0 radical (unpaired) electrons. The van der Waals surface area contributed by atoms with Crippen LogP contribution in [0.3, 0.4) is 0 Å². The lowest BCUT2D eigenvalue weighted by molar-refractivity contribution is 0.484. The highest BCUT2D eigenvalue weighted by atomic mass is 19.1. The van der Waals surface area contributed by atoms with Gasteiger partial charge in [-0.2, -0.15) is 0 Å². The predicted octanol–water partition coefficient (Wildman–Crippen LogP) is 10.7. The number of rotatable bonds is 9. The average molecular weight is 609 g/mol. The van der Waals surface area contributed by atoms with Crippen LogP contribution in [0, 0.1) is 11.6 Å². The van der Waals surface area contributed by atoms with Gasteiger partial charge >= 0.3 is 0 Å². The summed E-state index contributed by atoms with van der Waals surface area (Å²) < 4.78 is 38.6. The smallest absolute Gasteiger partial charge is 0.150 e. The van der Waals surface area contributed by atoms with Gasteiger partial charge in [-0.05, 0) is 106 Å². The van der Waals surface area contributed by atoms with E-state index >= 15 is 0 Å². The summed E-state index contributed by atoms with van der Waals surface area (Å²) >= 11 is 0. The first-order chi connectivity index (χ1) is 22.4. The van der Waals surface area contributed by atoms with E-state index in [-0.39, 0.29) is 11.6 Å². The molecule has 0 aromatic heterocycles. The highest BCUT2D eigenvalue weighted by molar-refractivity contribution is 5.75. The second kappa shape index (κ2) is 13.7. The molecule has 0 saturated heterocycles. The van der Waals surface area contributed by atoms with Crippen molar-refractivity contribution in [3.05, 3.63) is 167 Å². The Balaban J connectivity index is 1.13. The van der Waals surface area contributed by atoms with Crippen LogP contribution in [0.2, 0.25) is 0 Å². The van der Waals surface area contributed by atoms with Crippen LogP contribution in [-0.2, 0) is 0 Å². The van der Waals surface area contributed by atoms with Crippen molar-refractivity contribution in [1.29, 1.82) is 0 Å². The Morgan fingerprint density at radius 1 is 0.391 bits per heavy atom. The molecule has 226 valence electrons. The van der Waals surface area contributed by atoms with E-state index in [1.165, 1.54) is 24.3 Å². The molecule has 0 fully saturated rings. The Labute approximate surface area is 266 Å². The number of hydrogen-bond acceptors (Lipinski definition) is 4. The van der Waals surface area contributed by atoms with Gasteiger partial charge in [-0.15, -0.1) is 0 Å². The zero-order valence-electron chi connectivity index (χ0n) is 24.7. The van der Waals surface area contributed by atoms with Crippen molar-refractivity contribution in [2.45, 2.75) is 0 Å². The van der Waals surface area contributed by atoms with Crippen molar-refractivity contribution in [1.82, 2.24) is 0 Å². The van der Waals surface area contributed by atoms with E-state index < -0.39 is 0 Å². The first-order valence-corrected chi connectivity index (χ1v) is 14.6. The lowest BCUT2D eigenvalue weighted by atomic mass is 10.0. The monoisotopic (exact) mass is 608 g/mol. The second-order valence-corrected chi connectivity index (χ2v) is 10.6. The molecule has 0 heterocycles. The largest absolute Gasteiger partial charge is 0.455 e. The first-order valence-electron chi connectivity index (χ1n) is 14.6. The highest BCUT2D eigenvalue weighted by Gasteiger charge is 2.10. The third-order valence-electron chi connectivity index (χ3n) is 7.25. The van der Waals surface area contributed by atoms with Crippen molar-refractivity contribution in [2.75, 3.05) is 11.5 Å². The van der Waals surface area contributed by atoms with Crippen LogP contribution in [-0.4, -0.2) is 0 Å². The zero-order chi connectivity index (χ0) is 31.9. The molecule has 0 aliphatic carbocycles. The van der Waals surface area contributed by atoms with E-state index in [9.17, 15) is 8.78 Å². The lowest BCUT2D eigenvalue weighted by Gasteiger charge is -2.13. The molecule has 0 spiro atoms. The quantitative estimate of drug-likeness (QED) is 0.127. The van der Waals surface area contributed by atoms with Crippen molar-refractivity contribution in [2.24, 2.45) is 0 Å². The summed E-state index contributed by atoms with van der Waals surface area (Å²) in [7, 11) is 0. The minimum absolute atomic E-state index is 0.261. The Morgan fingerprint density at radius 3 is 1.02 bits per heavy atom. The molecule has 0 unspecified atom stereocenters. The molecule has 6 heteroatoms. The second-order valence-electron chi connectivity index (χ2n) is 10.6. The van der Waals surface area contributed by atoms with Crippen molar-refractivity contribution in [3.63, 3.8) is 0 Å². The molecule has 0 atom stereocenters. The third-order valence-corrected chi connectivity index (χ3v) is 7.25. The Bertz CT molecular complexity index is 1850. The number of hydrogen-bond donors (Lipinski definition) is 2. The average Bonchev–Trinajstić information content (AvgIpc) is 3.07. The number of benzene rings is 6. The standard InChI is InChI=1S/C40H30F2N2O2/c41-33-15-5-27(6-16-33)1-3-29-9-19-35(20-10-29)45-39-25-31(13-23-37(39)43)32-14-24-38(44)40(26-32)46-36-21-11-30(12-22-36)4-2-28-7-17-34(42)18-8-28/h1-26H,43-44H2/b3-1+,4-2+. The minimum atomic E-state index is -0.261. The van der Waals surface area contributed by atoms with E-state index in [0.29, 0.717) is 34.4 Å². The maximum absolute atomic E-state index is 13.1. The van der Waals surface area contributed by atoms with E-state index in [0.717, 1.165) is 33.4 Å². The molecule has 0 amide bonds. The minimum Gasteiger partial charge on any atom is -0.455 e. The van der Waals surface area contributed by atoms with Crippen LogP contribution in [0.1, 0.15) is 22.3 Å². The number of ether oxygens (including phenoxy) is 2. The molecular formula is C40H30F2N2O2. The molecule has 6 rings (SSSR count). The molecule has 6 aromatic rings. The topological polar surface area (TPSA) is 70.5 Å². The van der Waals surface area contributed by atoms with Crippen LogP contribution in [0.25, 0.3) is 35.4 Å². The molecule has 46 heavy (non-hydrogen) atoms. The molecule has 0 saturated carbocycles. The summed E-state index contributed by atoms with van der Waals surface area (Å²) in [6.45, 7) is 0. The SMILES string of the molecule is Nc1ccc(-c2ccc(N)c(Oc3ccc(/C=C/c4ccc(F)cc4)cc3)c2)cc1Oc1ccc(/C=C/c2ccc(F)cc2)cc1. The molecule has 4 N–H and O–H groups in total. The molecular weight excluding hydrogens is 578 g/mol. The maximum atomic E-state index is 13.1. The van der Waals surface area contributed by atoms with Gasteiger partial charge in [0.2, 0.25) is 0 Å². The Morgan fingerprint density at radius 2 is 0.696 bits per heavy atom. The highest BCUT2D eigenvalue weighted by Crippen LogP contribution is 2.36. The fraction of sp³-hybridized carbons (Fsp3) is 0. The van der Waals surface area contributed by atoms with Crippen LogP contribution >= 0.6 is 0 Å². The van der Waals surface area contributed by atoms with Gasteiger partial charge in [-0.25, -0.2) is 8.78 Å². The summed E-state index contributed by atoms with van der Waals surface area (Å²) in [5.74, 6) is 1.80. The fourth-order valence-corrected chi connectivity index (χ4v) is 4.69. The van der Waals surface area contributed by atoms with Gasteiger partial charge in [0.1, 0.15) is 23.1 Å². The van der Waals surface area contributed by atoms with Gasteiger partial charge in [0.05, 0.1) is 11.4 Å². The van der Waals surface area contributed by atoms with Crippen LogP contribution in [0.4, 0.5) is 20.2 Å². The third kappa shape index (κ3) is 7.68. The van der Waals surface area contributed by atoms with Crippen LogP contribution in [0.5, 0.6) is 23.0 Å². The first kappa shape index (κ1) is 29.9. The summed E-state index contributed by atoms with van der Waals surface area (Å²) in [4.78, 5) is 0. The normalized spacial score (nSPS) is 11.3. The predicted molar refractivity (Wildman–Crippen MR) is 184 cm³/mol. The van der Waals surface area contributed by atoms with Crippen molar-refractivity contribution in [3.8, 4) is 34.1 Å². The molecule has 0 aliphatic heterocycles. The zero-order valence-corrected chi connectivity index (χ0v) is 24.7. The van der Waals surface area contributed by atoms with E-state index in [2.05, 4.69) is 0 Å². The summed E-state index contributed by atoms with van der Waals surface area (Å²) in [5, 5.41) is 0. The van der Waals surface area contributed by atoms with Gasteiger partial charge in [0, 0.05) is 0 Å². The molecule has 6 aromatic carbocycles. The van der Waals surface area contributed by atoms with Gasteiger partial charge < -0.3 is 20.9 Å². The Kier molecular flexibility index (Phi) is 8.88. The number of halogens is 2. The molecule has 4 nitrogen and oxygen atoms in total. The van der Waals surface area contributed by atoms with Crippen LogP contribution < -0.4 is 20.9 Å². The van der Waals surface area contributed by atoms with E-state index in [1.54, 1.807) is 36.4 Å². The number of anilines is 2. The number of nitrogens with two attached hydrogens (primary N) is 2. The van der Waals surface area contributed by atoms with Gasteiger partial charge in [-0.3, -0.25) is 0 Å². The van der Waals surface area contributed by atoms with Crippen LogP contribution in [0.15, 0.2) is 133 Å². The van der Waals surface area contributed by atoms with Gasteiger partial charge in [0.25, 0.3) is 0 Å². The van der Waals surface area contributed by atoms with Crippen molar-refractivity contribution >= 4 is 35.7 Å². The van der Waals surface area contributed by atoms with Crippen molar-refractivity contribution < 1.29 is 18.3 Å². The number of nitrogen functional groups attached to an aromatic ring is 2. The summed E-state index contributed by atoms with van der Waals surface area (Å²) in [5.41, 5.74) is 19.1. The van der Waals surface area contributed by atoms with E-state index in [1.807, 2.05) is 97.1 Å². The molecule has 0 aliphatic rings. The van der Waals surface area contributed by atoms with Gasteiger partial charge in [0.15, 0.2) is 11.5 Å². The van der Waals surface area contributed by atoms with E-state index in [4.69, 9.17) is 20.9 Å². The maximum Gasteiger partial charge on any atom is 0.150 e. The molecule has 0 bridgehead atoms. The Hall–Kier alpha value is -6.14. The fourth-order valence-electron chi connectivity index (χ4n) is 4.69. The lowest BCUT2D eigenvalue weighted by Crippen LogP contribution is -1.95. The summed E-state index contributed by atoms with van der Waals surface area (Å²) in [6, 6.07) is 39.1. The summed E-state index contributed by atoms with van der Waals surface area (Å²) in [6.07, 6.45) is 7.75. The van der Waals surface area contributed by atoms with Gasteiger partial charge in [-0.1, -0.05) is 85.0 Å².